The van der Waals surface area contributed by atoms with E-state index in [9.17, 15) is 0 Å². The summed E-state index contributed by atoms with van der Waals surface area (Å²) in [5.41, 5.74) is 0.536. The fraction of sp³-hybridized carbons (Fsp3) is 0.182. The highest BCUT2D eigenvalue weighted by Gasteiger charge is 2.42. The van der Waals surface area contributed by atoms with Gasteiger partial charge in [-0.2, -0.15) is 0 Å². The van der Waals surface area contributed by atoms with Gasteiger partial charge < -0.3 is 14.8 Å². The normalized spacial score (nSPS) is 21.6. The van der Waals surface area contributed by atoms with E-state index in [1.165, 1.54) is 6.26 Å². The van der Waals surface area contributed by atoms with Crippen molar-refractivity contribution in [2.75, 3.05) is 0 Å². The lowest BCUT2D eigenvalue weighted by molar-refractivity contribution is 0.343. The first-order chi connectivity index (χ1) is 9.28. The topological polar surface area (TPSA) is 42.8 Å². The highest BCUT2D eigenvalue weighted by molar-refractivity contribution is 6.56. The summed E-state index contributed by atoms with van der Waals surface area (Å²) in [6, 6.07) is 5.00. The molecule has 0 spiro atoms. The van der Waals surface area contributed by atoms with Gasteiger partial charge in [0.2, 0.25) is 5.76 Å². The van der Waals surface area contributed by atoms with E-state index in [0.29, 0.717) is 17.0 Å². The quantitative estimate of drug-likeness (QED) is 0.592. The van der Waals surface area contributed by atoms with Crippen molar-refractivity contribution in [3.8, 4) is 11.5 Å². The van der Waals surface area contributed by atoms with E-state index in [0.717, 1.165) is 0 Å². The summed E-state index contributed by atoms with van der Waals surface area (Å²) in [6.45, 7) is 0. The summed E-state index contributed by atoms with van der Waals surface area (Å²) in [4.78, 5) is 4.00. The van der Waals surface area contributed by atoms with Crippen molar-refractivity contribution in [3.05, 3.63) is 30.2 Å². The van der Waals surface area contributed by atoms with Crippen molar-refractivity contribution in [1.82, 2.24) is 5.32 Å². The molecule has 0 fully saturated rings. The molecule has 2 aliphatic rings. The molecule has 86 valence electrons. The SMILES string of the molecule is [B]c1ccc2c(c1)OC(C1=NC([B])([B])C([B])([B])N1)=CO2. The predicted molar refractivity (Wildman–Crippen MR) is 80.2 cm³/mol. The first-order valence-electron chi connectivity index (χ1n) is 5.77. The van der Waals surface area contributed by atoms with Crippen molar-refractivity contribution >= 4 is 50.5 Å². The Hall–Kier alpha value is -1.65. The van der Waals surface area contributed by atoms with Gasteiger partial charge in [-0.15, -0.1) is 0 Å². The molecule has 1 aromatic carbocycles. The van der Waals surface area contributed by atoms with Crippen LogP contribution in [-0.4, -0.2) is 55.7 Å². The van der Waals surface area contributed by atoms with Crippen molar-refractivity contribution in [1.29, 1.82) is 0 Å². The maximum atomic E-state index is 5.73. The van der Waals surface area contributed by atoms with Crippen LogP contribution in [0.15, 0.2) is 35.2 Å². The molecule has 0 bridgehead atoms. The number of ether oxygens (including phenoxy) is 2. The van der Waals surface area contributed by atoms with Crippen LogP contribution in [0.2, 0.25) is 0 Å². The summed E-state index contributed by atoms with van der Waals surface area (Å²) in [7, 11) is 28.6. The Morgan fingerprint density at radius 1 is 1.10 bits per heavy atom. The third-order valence-electron chi connectivity index (χ3n) is 3.00. The van der Waals surface area contributed by atoms with E-state index in [-0.39, 0.29) is 11.6 Å². The minimum atomic E-state index is -1.66. The second-order valence-corrected chi connectivity index (χ2v) is 4.69. The van der Waals surface area contributed by atoms with Crippen molar-refractivity contribution in [2.24, 2.45) is 4.99 Å². The number of benzene rings is 1. The van der Waals surface area contributed by atoms with Gasteiger partial charge in [-0.25, -0.2) is 0 Å². The number of aliphatic imine (C=N–C) groups is 1. The predicted octanol–water partition coefficient (Wildman–Crippen LogP) is -1.92. The van der Waals surface area contributed by atoms with Gasteiger partial charge in [0.25, 0.3) is 0 Å². The summed E-state index contributed by atoms with van der Waals surface area (Å²) in [5, 5.41) is -0.572. The molecule has 0 atom stereocenters. The van der Waals surface area contributed by atoms with E-state index in [1.54, 1.807) is 18.2 Å². The number of fused-ring (bicyclic) bond motifs is 1. The Morgan fingerprint density at radius 2 is 1.85 bits per heavy atom. The minimum absolute atomic E-state index is 0.202. The molecule has 2 heterocycles. The lowest BCUT2D eigenvalue weighted by atomic mass is 9.39. The molecule has 0 saturated carbocycles. The molecule has 9 heteroatoms. The van der Waals surface area contributed by atoms with Gasteiger partial charge in [0.15, 0.2) is 17.3 Å². The maximum Gasteiger partial charge on any atom is 0.204 e. The van der Waals surface area contributed by atoms with Gasteiger partial charge in [0.1, 0.15) is 14.1 Å². The third-order valence-corrected chi connectivity index (χ3v) is 3.00. The van der Waals surface area contributed by atoms with Gasteiger partial charge in [0.05, 0.1) is 31.4 Å². The van der Waals surface area contributed by atoms with Crippen LogP contribution in [0.4, 0.5) is 0 Å². The molecule has 0 saturated heterocycles. The van der Waals surface area contributed by atoms with E-state index in [1.807, 2.05) is 0 Å². The van der Waals surface area contributed by atoms with Crippen LogP contribution in [0.1, 0.15) is 0 Å². The van der Waals surface area contributed by atoms with Crippen LogP contribution < -0.4 is 20.3 Å². The van der Waals surface area contributed by atoms with Gasteiger partial charge in [-0.05, 0) is 22.8 Å². The zero-order valence-corrected chi connectivity index (χ0v) is 10.5. The van der Waals surface area contributed by atoms with Crippen LogP contribution >= 0.6 is 0 Å². The Bertz CT molecular complexity index is 642. The molecule has 0 unspecified atom stereocenters. The van der Waals surface area contributed by atoms with Crippen LogP contribution in [0.25, 0.3) is 0 Å². The number of nitrogens with zero attached hydrogens (tertiary/aromatic N) is 1. The fourth-order valence-corrected chi connectivity index (χ4v) is 1.78. The number of hydrogen-bond donors (Lipinski definition) is 1. The molecular formula is C11H5B5N2O2. The number of nitrogens with one attached hydrogen (secondary N) is 1. The molecule has 0 aromatic heterocycles. The Morgan fingerprint density at radius 3 is 2.50 bits per heavy atom. The van der Waals surface area contributed by atoms with Gasteiger partial charge in [0, 0.05) is 0 Å². The van der Waals surface area contributed by atoms with E-state index in [4.69, 9.17) is 48.7 Å². The van der Waals surface area contributed by atoms with Gasteiger partial charge in [-0.1, -0.05) is 11.5 Å². The average molecular weight is 251 g/mol. The molecule has 4 nitrogen and oxygen atoms in total. The molecule has 0 amide bonds. The first kappa shape index (κ1) is 13.3. The second kappa shape index (κ2) is 4.17. The zero-order valence-electron chi connectivity index (χ0n) is 10.5. The van der Waals surface area contributed by atoms with E-state index in [2.05, 4.69) is 10.3 Å². The van der Waals surface area contributed by atoms with Crippen molar-refractivity contribution < 1.29 is 9.47 Å². The summed E-state index contributed by atoms with van der Waals surface area (Å²) < 4.78 is 11.0. The largest absolute Gasteiger partial charge is 0.457 e. The average Bonchev–Trinajstić information content (AvgIpc) is 2.57. The summed E-state index contributed by atoms with van der Waals surface area (Å²) in [6.07, 6.45) is 1.35. The van der Waals surface area contributed by atoms with Gasteiger partial charge in [-0.3, -0.25) is 4.99 Å². The molecule has 0 aliphatic carbocycles. The first-order valence-corrected chi connectivity index (χ1v) is 5.77. The standard InChI is InChI=1S/C11H5B5N2O2/c12-5-1-2-6-7(3-5)20-8(4-19-6)9-17-10(13,14)11(15,16)18-9/h1-4H,(H,17,18). The number of amidine groups is 1. The summed E-state index contributed by atoms with van der Waals surface area (Å²) in [5.74, 6) is 1.42. The Labute approximate surface area is 123 Å². The van der Waals surface area contributed by atoms with Crippen LogP contribution in [0, 0.1) is 0 Å². The molecule has 3 rings (SSSR count). The molecule has 2 aliphatic heterocycles. The number of hydrogen-bond acceptors (Lipinski definition) is 4. The van der Waals surface area contributed by atoms with Crippen molar-refractivity contribution in [2.45, 2.75) is 10.7 Å². The lowest BCUT2D eigenvalue weighted by Crippen LogP contribution is -2.60. The second-order valence-electron chi connectivity index (χ2n) is 4.69. The molecule has 10 radical (unpaired) electrons. The van der Waals surface area contributed by atoms with Crippen LogP contribution in [-0.2, 0) is 0 Å². The fourth-order valence-electron chi connectivity index (χ4n) is 1.78. The van der Waals surface area contributed by atoms with Gasteiger partial charge >= 0.3 is 0 Å². The summed E-state index contributed by atoms with van der Waals surface area (Å²) >= 11 is 0. The zero-order chi connectivity index (χ0) is 14.5. The number of rotatable bonds is 1. The monoisotopic (exact) mass is 252 g/mol. The van der Waals surface area contributed by atoms with E-state index >= 15 is 0 Å². The lowest BCUT2D eigenvalue weighted by Gasteiger charge is -2.35. The Kier molecular flexibility index (Phi) is 2.78. The Balaban J connectivity index is 1.90. The highest BCUT2D eigenvalue weighted by Crippen LogP contribution is 2.32. The highest BCUT2D eigenvalue weighted by atomic mass is 16.6. The van der Waals surface area contributed by atoms with Crippen LogP contribution in [0.3, 0.4) is 0 Å². The smallest absolute Gasteiger partial charge is 0.204 e. The van der Waals surface area contributed by atoms with E-state index < -0.39 is 10.7 Å². The molecule has 1 N–H and O–H groups in total. The van der Waals surface area contributed by atoms with Crippen LogP contribution in [0.5, 0.6) is 11.5 Å². The van der Waals surface area contributed by atoms with Crippen molar-refractivity contribution in [3.63, 3.8) is 0 Å². The minimum Gasteiger partial charge on any atom is -0.457 e. The third kappa shape index (κ3) is 2.05. The molecule has 20 heavy (non-hydrogen) atoms. The molecule has 1 aromatic rings. The maximum absolute atomic E-state index is 5.73. The molecular weight excluding hydrogens is 246 g/mol.